The van der Waals surface area contributed by atoms with Crippen molar-refractivity contribution in [2.24, 2.45) is 11.1 Å². The summed E-state index contributed by atoms with van der Waals surface area (Å²) in [5.74, 6) is 0. The minimum absolute atomic E-state index is 0.124. The molecule has 1 aliphatic carbocycles. The average Bonchev–Trinajstić information content (AvgIpc) is 2.28. The molecule has 0 radical (unpaired) electrons. The number of rotatable bonds is 4. The molecule has 2 nitrogen and oxygen atoms in total. The summed E-state index contributed by atoms with van der Waals surface area (Å²) in [6, 6.07) is 0. The average molecular weight is 262 g/mol. The molecule has 0 bridgehead atoms. The second-order valence-electron chi connectivity index (χ2n) is 5.59. The molecule has 104 valence electrons. The summed E-state index contributed by atoms with van der Waals surface area (Å²) in [5, 5.41) is 0. The topological polar surface area (TPSA) is 29.3 Å². The molecule has 2 aliphatic rings. The summed E-state index contributed by atoms with van der Waals surface area (Å²) >= 11 is 0. The van der Waals surface area contributed by atoms with Gasteiger partial charge in [0.2, 0.25) is 0 Å². The monoisotopic (exact) mass is 262 g/mol. The van der Waals surface area contributed by atoms with Crippen molar-refractivity contribution in [2.45, 2.75) is 38.3 Å². The Hall–Kier alpha value is -0.550. The van der Waals surface area contributed by atoms with Crippen molar-refractivity contribution in [1.29, 1.82) is 0 Å². The fraction of sp³-hybridized carbons (Fsp3) is 0.846. The molecule has 0 spiro atoms. The first kappa shape index (κ1) is 13.9. The van der Waals surface area contributed by atoms with Gasteiger partial charge < -0.3 is 5.73 Å². The highest BCUT2D eigenvalue weighted by Crippen LogP contribution is 2.43. The Labute approximate surface area is 106 Å². The second kappa shape index (κ2) is 5.21. The molecule has 0 aromatic heterocycles. The molecule has 0 saturated heterocycles. The number of alkyl halides is 3. The van der Waals surface area contributed by atoms with Crippen molar-refractivity contribution in [3.8, 4) is 0 Å². The van der Waals surface area contributed by atoms with Crippen LogP contribution >= 0.6 is 0 Å². The fourth-order valence-electron chi connectivity index (χ4n) is 2.80. The van der Waals surface area contributed by atoms with E-state index in [9.17, 15) is 13.2 Å². The molecule has 5 heteroatoms. The van der Waals surface area contributed by atoms with E-state index >= 15 is 0 Å². The first-order valence-corrected chi connectivity index (χ1v) is 6.64. The summed E-state index contributed by atoms with van der Waals surface area (Å²) in [6.07, 6.45) is 1.95. The van der Waals surface area contributed by atoms with E-state index in [1.807, 2.05) is 0 Å². The van der Waals surface area contributed by atoms with Crippen LogP contribution in [0.15, 0.2) is 11.6 Å². The maximum absolute atomic E-state index is 12.5. The molecular weight excluding hydrogens is 241 g/mol. The van der Waals surface area contributed by atoms with Crippen LogP contribution in [-0.4, -0.2) is 37.3 Å². The molecule has 1 heterocycles. The van der Waals surface area contributed by atoms with E-state index < -0.39 is 6.18 Å². The Kier molecular flexibility index (Phi) is 4.02. The van der Waals surface area contributed by atoms with Gasteiger partial charge in [0.05, 0.1) is 0 Å². The van der Waals surface area contributed by atoms with Crippen molar-refractivity contribution in [2.75, 3.05) is 26.2 Å². The molecule has 1 aliphatic heterocycles. The third-order valence-corrected chi connectivity index (χ3v) is 4.46. The second-order valence-corrected chi connectivity index (χ2v) is 5.59. The third-order valence-electron chi connectivity index (χ3n) is 4.46. The van der Waals surface area contributed by atoms with Crippen LogP contribution in [0.5, 0.6) is 0 Å². The zero-order chi connectivity index (χ0) is 13.2. The van der Waals surface area contributed by atoms with Crippen LogP contribution in [0.4, 0.5) is 13.2 Å². The molecule has 0 aromatic rings. The van der Waals surface area contributed by atoms with Crippen molar-refractivity contribution in [3.05, 3.63) is 11.6 Å². The Morgan fingerprint density at radius 1 is 1.33 bits per heavy atom. The van der Waals surface area contributed by atoms with E-state index in [0.29, 0.717) is 19.6 Å². The summed E-state index contributed by atoms with van der Waals surface area (Å²) in [6.45, 7) is 2.53. The van der Waals surface area contributed by atoms with Gasteiger partial charge in [-0.2, -0.15) is 13.2 Å². The van der Waals surface area contributed by atoms with Gasteiger partial charge in [-0.05, 0) is 44.2 Å². The predicted octanol–water partition coefficient (Wildman–Crippen LogP) is 2.70. The molecule has 0 amide bonds. The maximum atomic E-state index is 12.5. The maximum Gasteiger partial charge on any atom is 0.412 e. The first-order valence-electron chi connectivity index (χ1n) is 6.64. The van der Waals surface area contributed by atoms with E-state index in [4.69, 9.17) is 5.73 Å². The Bertz CT molecular complexity index is 313. The van der Waals surface area contributed by atoms with Crippen LogP contribution in [0.1, 0.15) is 32.1 Å². The SMILES string of the molecule is NCC1(CCN2CC=C(C(F)(F)F)CC2)CCC1. The van der Waals surface area contributed by atoms with E-state index in [1.165, 1.54) is 25.3 Å². The fourth-order valence-corrected chi connectivity index (χ4v) is 2.80. The van der Waals surface area contributed by atoms with Gasteiger partial charge in [-0.1, -0.05) is 12.5 Å². The van der Waals surface area contributed by atoms with Gasteiger partial charge >= 0.3 is 6.18 Å². The van der Waals surface area contributed by atoms with E-state index in [2.05, 4.69) is 4.90 Å². The van der Waals surface area contributed by atoms with Gasteiger partial charge in [0.15, 0.2) is 0 Å². The summed E-state index contributed by atoms with van der Waals surface area (Å²) in [5.41, 5.74) is 5.71. The molecule has 18 heavy (non-hydrogen) atoms. The summed E-state index contributed by atoms with van der Waals surface area (Å²) < 4.78 is 37.4. The zero-order valence-electron chi connectivity index (χ0n) is 10.6. The molecule has 0 unspecified atom stereocenters. The Morgan fingerprint density at radius 2 is 2.06 bits per heavy atom. The van der Waals surface area contributed by atoms with Crippen LogP contribution in [0.25, 0.3) is 0 Å². The highest BCUT2D eigenvalue weighted by Gasteiger charge is 2.37. The third kappa shape index (κ3) is 3.06. The zero-order valence-corrected chi connectivity index (χ0v) is 10.6. The lowest BCUT2D eigenvalue weighted by Gasteiger charge is -2.42. The van der Waals surface area contributed by atoms with Crippen LogP contribution in [0.2, 0.25) is 0 Å². The standard InChI is InChI=1S/C13H21F3N2/c14-13(15,16)11-2-7-18(8-3-11)9-6-12(10-17)4-1-5-12/h2H,1,3-10,17H2. The molecule has 2 rings (SSSR count). The molecule has 1 fully saturated rings. The van der Waals surface area contributed by atoms with Gasteiger partial charge in [-0.15, -0.1) is 0 Å². The minimum atomic E-state index is -4.14. The molecule has 1 saturated carbocycles. The van der Waals surface area contributed by atoms with Gasteiger partial charge in [0.25, 0.3) is 0 Å². The minimum Gasteiger partial charge on any atom is -0.330 e. The van der Waals surface area contributed by atoms with Crippen molar-refractivity contribution in [1.82, 2.24) is 4.90 Å². The molecule has 0 aromatic carbocycles. The van der Waals surface area contributed by atoms with Gasteiger partial charge in [0, 0.05) is 18.7 Å². The van der Waals surface area contributed by atoms with Crippen molar-refractivity contribution in [3.63, 3.8) is 0 Å². The summed E-state index contributed by atoms with van der Waals surface area (Å²) in [7, 11) is 0. The van der Waals surface area contributed by atoms with Crippen LogP contribution in [0, 0.1) is 5.41 Å². The van der Waals surface area contributed by atoms with E-state index in [0.717, 1.165) is 13.0 Å². The molecule has 2 N–H and O–H groups in total. The highest BCUT2D eigenvalue weighted by atomic mass is 19.4. The first-order chi connectivity index (χ1) is 8.45. The van der Waals surface area contributed by atoms with Crippen LogP contribution in [0.3, 0.4) is 0 Å². The van der Waals surface area contributed by atoms with Crippen molar-refractivity contribution < 1.29 is 13.2 Å². The number of nitrogens with two attached hydrogens (primary N) is 1. The predicted molar refractivity (Wildman–Crippen MR) is 65.2 cm³/mol. The van der Waals surface area contributed by atoms with Gasteiger partial charge in [0.1, 0.15) is 0 Å². The van der Waals surface area contributed by atoms with Crippen LogP contribution in [-0.2, 0) is 0 Å². The lowest BCUT2D eigenvalue weighted by atomic mass is 9.66. The lowest BCUT2D eigenvalue weighted by molar-refractivity contribution is -0.0961. The largest absolute Gasteiger partial charge is 0.412 e. The van der Waals surface area contributed by atoms with E-state index in [1.54, 1.807) is 0 Å². The summed E-state index contributed by atoms with van der Waals surface area (Å²) in [4.78, 5) is 2.10. The van der Waals surface area contributed by atoms with Crippen LogP contribution < -0.4 is 5.73 Å². The van der Waals surface area contributed by atoms with Gasteiger partial charge in [-0.3, -0.25) is 4.90 Å². The smallest absolute Gasteiger partial charge is 0.330 e. The molecule has 0 atom stereocenters. The molecular formula is C13H21F3N2. The number of hydrogen-bond donors (Lipinski definition) is 1. The van der Waals surface area contributed by atoms with Gasteiger partial charge in [-0.25, -0.2) is 0 Å². The van der Waals surface area contributed by atoms with Crippen molar-refractivity contribution >= 4 is 0 Å². The quantitative estimate of drug-likeness (QED) is 0.789. The normalized spacial score (nSPS) is 24.6. The number of hydrogen-bond acceptors (Lipinski definition) is 2. The van der Waals surface area contributed by atoms with E-state index in [-0.39, 0.29) is 17.4 Å². The number of nitrogens with zero attached hydrogens (tertiary/aromatic N) is 1. The number of halogens is 3. The Balaban J connectivity index is 1.78. The Morgan fingerprint density at radius 3 is 2.44 bits per heavy atom. The highest BCUT2D eigenvalue weighted by molar-refractivity contribution is 5.13. The lowest BCUT2D eigenvalue weighted by Crippen LogP contribution is -2.41.